The van der Waals surface area contributed by atoms with E-state index in [1.54, 1.807) is 0 Å². The summed E-state index contributed by atoms with van der Waals surface area (Å²) >= 11 is 0. The number of benzene rings is 3. The maximum atomic E-state index is 5.96. The number of hydrogen-bond acceptors (Lipinski definition) is 8. The molecule has 0 spiro atoms. The summed E-state index contributed by atoms with van der Waals surface area (Å²) in [5.41, 5.74) is 2.75. The highest BCUT2D eigenvalue weighted by Gasteiger charge is 2.13. The van der Waals surface area contributed by atoms with Crippen molar-refractivity contribution < 1.29 is 23.7 Å². The van der Waals surface area contributed by atoms with Gasteiger partial charge in [-0.1, -0.05) is 30.3 Å². The lowest BCUT2D eigenvalue weighted by molar-refractivity contribution is 0.0224. The van der Waals surface area contributed by atoms with Crippen LogP contribution >= 0.6 is 0 Å². The highest BCUT2D eigenvalue weighted by atomic mass is 16.6. The third-order valence-electron chi connectivity index (χ3n) is 5.41. The average Bonchev–Trinajstić information content (AvgIpc) is 2.89. The first-order valence-electron chi connectivity index (χ1n) is 11.6. The van der Waals surface area contributed by atoms with Crippen LogP contribution in [0.3, 0.4) is 0 Å². The van der Waals surface area contributed by atoms with Gasteiger partial charge in [0.15, 0.2) is 11.5 Å². The summed E-state index contributed by atoms with van der Waals surface area (Å²) in [6.07, 6.45) is 1.53. The largest absolute Gasteiger partial charge is 0.489 e. The van der Waals surface area contributed by atoms with Crippen molar-refractivity contribution >= 4 is 22.4 Å². The zero-order valence-corrected chi connectivity index (χ0v) is 19.3. The first-order valence-corrected chi connectivity index (χ1v) is 11.6. The van der Waals surface area contributed by atoms with Gasteiger partial charge in [-0.2, -0.15) is 0 Å². The van der Waals surface area contributed by atoms with E-state index >= 15 is 0 Å². The number of nitrogens with one attached hydrogen (secondary N) is 1. The molecule has 180 valence electrons. The van der Waals surface area contributed by atoms with Gasteiger partial charge in [0.05, 0.1) is 31.9 Å². The van der Waals surface area contributed by atoms with Crippen molar-refractivity contribution in [2.45, 2.75) is 6.61 Å². The highest BCUT2D eigenvalue weighted by molar-refractivity contribution is 5.93. The molecule has 0 radical (unpaired) electrons. The second-order valence-corrected chi connectivity index (χ2v) is 7.88. The van der Waals surface area contributed by atoms with Crippen LogP contribution in [0.5, 0.6) is 17.2 Å². The lowest BCUT2D eigenvalue weighted by atomic mass is 10.2. The summed E-state index contributed by atoms with van der Waals surface area (Å²) in [6.45, 7) is 3.36. The molecule has 8 nitrogen and oxygen atoms in total. The number of rotatable bonds is 5. The third kappa shape index (κ3) is 6.17. The molecule has 1 N–H and O–H groups in total. The van der Waals surface area contributed by atoms with E-state index in [4.69, 9.17) is 23.7 Å². The Bertz CT molecular complexity index is 1240. The Morgan fingerprint density at radius 1 is 0.743 bits per heavy atom. The second-order valence-electron chi connectivity index (χ2n) is 7.88. The molecule has 0 saturated carbocycles. The number of hydrogen-bond donors (Lipinski definition) is 1. The molecule has 0 amide bonds. The van der Waals surface area contributed by atoms with Crippen molar-refractivity contribution in [1.29, 1.82) is 0 Å². The fourth-order valence-corrected chi connectivity index (χ4v) is 3.64. The van der Waals surface area contributed by atoms with Crippen LogP contribution in [0, 0.1) is 0 Å². The number of nitrogens with zero attached hydrogens (tertiary/aromatic N) is 2. The molecule has 3 aromatic carbocycles. The van der Waals surface area contributed by atoms with Gasteiger partial charge in [0.2, 0.25) is 0 Å². The van der Waals surface area contributed by atoms with Crippen LogP contribution in [0.2, 0.25) is 0 Å². The molecule has 8 heteroatoms. The van der Waals surface area contributed by atoms with Crippen molar-refractivity contribution in [2.24, 2.45) is 0 Å². The van der Waals surface area contributed by atoms with E-state index in [-0.39, 0.29) is 0 Å². The predicted octanol–water partition coefficient (Wildman–Crippen LogP) is 4.76. The van der Waals surface area contributed by atoms with E-state index in [0.29, 0.717) is 63.6 Å². The number of fused-ring (bicyclic) bond motifs is 2. The monoisotopic (exact) mass is 473 g/mol. The normalized spacial score (nSPS) is 14.5. The standard InChI is InChI=1S/C27H27N3O5/c1-2-4-20(5-3-1)18-35-22-8-6-21(7-9-22)30-27-23-16-25-26(17-24(23)28-19-29-27)34-15-13-32-11-10-31-12-14-33-25/h1-9,16-17,19H,10-15,18H2,(H,28,29,30). The fourth-order valence-electron chi connectivity index (χ4n) is 3.64. The smallest absolute Gasteiger partial charge is 0.163 e. The third-order valence-corrected chi connectivity index (χ3v) is 5.41. The van der Waals surface area contributed by atoms with Crippen LogP contribution in [0.15, 0.2) is 73.1 Å². The van der Waals surface area contributed by atoms with E-state index in [1.165, 1.54) is 6.33 Å². The van der Waals surface area contributed by atoms with E-state index < -0.39 is 0 Å². The van der Waals surface area contributed by atoms with Crippen LogP contribution < -0.4 is 19.5 Å². The molecule has 0 atom stereocenters. The summed E-state index contributed by atoms with van der Waals surface area (Å²) in [4.78, 5) is 8.88. The van der Waals surface area contributed by atoms with Gasteiger partial charge >= 0.3 is 0 Å². The molecule has 4 aromatic rings. The summed E-state index contributed by atoms with van der Waals surface area (Å²) in [5.74, 6) is 2.70. The maximum Gasteiger partial charge on any atom is 0.163 e. The lowest BCUT2D eigenvalue weighted by Crippen LogP contribution is -2.15. The Morgan fingerprint density at radius 3 is 2.17 bits per heavy atom. The molecule has 0 saturated heterocycles. The Hall–Kier alpha value is -3.88. The Kier molecular flexibility index (Phi) is 7.52. The molecule has 1 aromatic heterocycles. The molecule has 0 unspecified atom stereocenters. The van der Waals surface area contributed by atoms with Gasteiger partial charge in [0.25, 0.3) is 0 Å². The highest BCUT2D eigenvalue weighted by Crippen LogP contribution is 2.35. The molecule has 2 heterocycles. The van der Waals surface area contributed by atoms with Gasteiger partial charge in [-0.05, 0) is 35.9 Å². The van der Waals surface area contributed by atoms with Crippen molar-refractivity contribution in [1.82, 2.24) is 9.97 Å². The van der Waals surface area contributed by atoms with Gasteiger partial charge in [-0.25, -0.2) is 9.97 Å². The van der Waals surface area contributed by atoms with E-state index in [0.717, 1.165) is 27.9 Å². The SMILES string of the molecule is c1ccc(COc2ccc(Nc3ncnc4cc5c(cc34)OCCOCCOCCO5)cc2)cc1. The predicted molar refractivity (Wildman–Crippen MR) is 133 cm³/mol. The molecule has 0 aliphatic carbocycles. The molecular formula is C27H27N3O5. The van der Waals surface area contributed by atoms with Crippen molar-refractivity contribution in [3.05, 3.63) is 78.6 Å². The Balaban J connectivity index is 1.32. The van der Waals surface area contributed by atoms with Crippen molar-refractivity contribution in [3.63, 3.8) is 0 Å². The minimum Gasteiger partial charge on any atom is -0.489 e. The number of anilines is 2. The molecule has 0 fully saturated rings. The fraction of sp³-hybridized carbons (Fsp3) is 0.259. The zero-order valence-electron chi connectivity index (χ0n) is 19.3. The molecule has 5 rings (SSSR count). The second kappa shape index (κ2) is 11.5. The van der Waals surface area contributed by atoms with Gasteiger partial charge in [-0.15, -0.1) is 0 Å². The number of aromatic nitrogens is 2. The van der Waals surface area contributed by atoms with E-state index in [2.05, 4.69) is 15.3 Å². The van der Waals surface area contributed by atoms with Gasteiger partial charge in [-0.3, -0.25) is 0 Å². The van der Waals surface area contributed by atoms with Crippen LogP contribution in [-0.2, 0) is 16.1 Å². The van der Waals surface area contributed by atoms with Crippen LogP contribution in [-0.4, -0.2) is 49.6 Å². The molecule has 35 heavy (non-hydrogen) atoms. The average molecular weight is 474 g/mol. The topological polar surface area (TPSA) is 84.0 Å². The first-order chi connectivity index (χ1) is 17.3. The number of ether oxygens (including phenoxy) is 5. The molecule has 0 bridgehead atoms. The van der Waals surface area contributed by atoms with Gasteiger partial charge in [0, 0.05) is 17.1 Å². The maximum absolute atomic E-state index is 5.96. The van der Waals surface area contributed by atoms with E-state index in [1.807, 2.05) is 66.7 Å². The lowest BCUT2D eigenvalue weighted by Gasteiger charge is -2.16. The van der Waals surface area contributed by atoms with Crippen LogP contribution in [0.25, 0.3) is 10.9 Å². The van der Waals surface area contributed by atoms with Gasteiger partial charge < -0.3 is 29.0 Å². The summed E-state index contributed by atoms with van der Waals surface area (Å²) in [5, 5.41) is 4.20. The minimum absolute atomic E-state index is 0.406. The van der Waals surface area contributed by atoms with Crippen molar-refractivity contribution in [2.75, 3.05) is 45.0 Å². The minimum atomic E-state index is 0.406. The Morgan fingerprint density at radius 2 is 1.43 bits per heavy atom. The summed E-state index contributed by atoms with van der Waals surface area (Å²) < 4.78 is 28.8. The summed E-state index contributed by atoms with van der Waals surface area (Å²) in [7, 11) is 0. The molecule has 1 aliphatic rings. The van der Waals surface area contributed by atoms with Gasteiger partial charge in [0.1, 0.15) is 37.7 Å². The molecule has 1 aliphatic heterocycles. The molecular weight excluding hydrogens is 446 g/mol. The van der Waals surface area contributed by atoms with Crippen molar-refractivity contribution in [3.8, 4) is 17.2 Å². The first kappa shape index (κ1) is 22.9. The zero-order chi connectivity index (χ0) is 23.7. The quantitative estimate of drug-likeness (QED) is 0.444. The van der Waals surface area contributed by atoms with Crippen LogP contribution in [0.1, 0.15) is 5.56 Å². The van der Waals surface area contributed by atoms with Crippen LogP contribution in [0.4, 0.5) is 11.5 Å². The van der Waals surface area contributed by atoms with E-state index in [9.17, 15) is 0 Å². The summed E-state index contributed by atoms with van der Waals surface area (Å²) in [6, 6.07) is 21.6. The Labute approximate surface area is 203 Å².